The Morgan fingerprint density at radius 3 is 2.28 bits per heavy atom. The molecule has 7 heteroatoms. The van der Waals surface area contributed by atoms with Crippen LogP contribution >= 0.6 is 12.4 Å². The second-order valence-corrected chi connectivity index (χ2v) is 10.2. The third-order valence-corrected chi connectivity index (χ3v) is 7.25. The van der Waals surface area contributed by atoms with Crippen LogP contribution in [0, 0.1) is 5.92 Å². The Hall–Kier alpha value is -3.19. The smallest absolute Gasteiger partial charge is 0.310 e. The molecule has 0 bridgehead atoms. The number of ether oxygens (including phenoxy) is 1. The Morgan fingerprint density at radius 1 is 0.974 bits per heavy atom. The number of benzene rings is 3. The number of carboxylic acids is 1. The summed E-state index contributed by atoms with van der Waals surface area (Å²) >= 11 is 0. The van der Waals surface area contributed by atoms with E-state index in [1.54, 1.807) is 62.6 Å². The first-order chi connectivity index (χ1) is 18.2. The summed E-state index contributed by atoms with van der Waals surface area (Å²) in [5.74, 6) is -0.503. The zero-order valence-electron chi connectivity index (χ0n) is 23.2. The van der Waals surface area contributed by atoms with Crippen LogP contribution in [0.3, 0.4) is 0 Å². The number of ketones is 1. The van der Waals surface area contributed by atoms with Crippen molar-refractivity contribution < 1.29 is 24.5 Å². The van der Waals surface area contributed by atoms with Crippen molar-refractivity contribution >= 4 is 24.2 Å². The van der Waals surface area contributed by atoms with Crippen molar-refractivity contribution in [3.63, 3.8) is 0 Å². The lowest BCUT2D eigenvalue weighted by Crippen LogP contribution is -2.43. The molecule has 6 nitrogen and oxygen atoms in total. The molecule has 3 atom stereocenters. The Kier molecular flexibility index (Phi) is 12.2. The van der Waals surface area contributed by atoms with E-state index in [0.717, 1.165) is 37.1 Å². The van der Waals surface area contributed by atoms with Gasteiger partial charge in [-0.2, -0.15) is 0 Å². The molecule has 39 heavy (non-hydrogen) atoms. The lowest BCUT2D eigenvalue weighted by molar-refractivity contribution is -0.138. The van der Waals surface area contributed by atoms with Crippen molar-refractivity contribution in [3.05, 3.63) is 101 Å². The predicted molar refractivity (Wildman–Crippen MR) is 157 cm³/mol. The van der Waals surface area contributed by atoms with E-state index in [-0.39, 0.29) is 18.2 Å². The molecule has 1 saturated carbocycles. The minimum atomic E-state index is -0.899. The molecule has 2 N–H and O–H groups in total. The molecule has 3 aromatic rings. The van der Waals surface area contributed by atoms with Crippen LogP contribution in [-0.4, -0.2) is 54.6 Å². The highest BCUT2D eigenvalue weighted by atomic mass is 35.5. The summed E-state index contributed by atoms with van der Waals surface area (Å²) in [7, 11) is 5.81. The number of hydrogen-bond donors (Lipinski definition) is 2. The van der Waals surface area contributed by atoms with Crippen molar-refractivity contribution in [1.29, 1.82) is 0 Å². The number of halogens is 1. The number of hydrogen-bond acceptors (Lipinski definition) is 5. The van der Waals surface area contributed by atoms with Crippen LogP contribution in [0.2, 0.25) is 0 Å². The first-order valence-electron chi connectivity index (χ1n) is 13.1. The van der Waals surface area contributed by atoms with E-state index in [0.29, 0.717) is 22.6 Å². The van der Waals surface area contributed by atoms with Crippen molar-refractivity contribution in [3.8, 4) is 5.75 Å². The average molecular weight is 554 g/mol. The van der Waals surface area contributed by atoms with E-state index in [4.69, 9.17) is 9.84 Å². The monoisotopic (exact) mass is 553 g/mol. The number of carboxylic acid groups (broad SMARTS) is 1. The molecule has 3 aromatic carbocycles. The van der Waals surface area contributed by atoms with Crippen LogP contribution in [0.5, 0.6) is 5.75 Å². The fourth-order valence-corrected chi connectivity index (χ4v) is 5.03. The van der Waals surface area contributed by atoms with Crippen LogP contribution in [0.4, 0.5) is 0 Å². The summed E-state index contributed by atoms with van der Waals surface area (Å²) in [6.07, 6.45) is 4.24. The Morgan fingerprint density at radius 2 is 1.64 bits per heavy atom. The molecule has 210 valence electrons. The van der Waals surface area contributed by atoms with Gasteiger partial charge in [0.15, 0.2) is 5.78 Å². The van der Waals surface area contributed by atoms with Gasteiger partial charge in [0.2, 0.25) is 0 Å². The first-order valence-corrected chi connectivity index (χ1v) is 13.1. The molecule has 4 rings (SSSR count). The van der Waals surface area contributed by atoms with E-state index in [1.165, 1.54) is 6.42 Å². The van der Waals surface area contributed by atoms with E-state index >= 15 is 0 Å². The number of carbonyl (C=O) groups excluding carboxylic acids is 1. The zero-order chi connectivity index (χ0) is 27.7. The fraction of sp³-hybridized carbons (Fsp3) is 0.375. The first kappa shape index (κ1) is 32.0. The second kappa shape index (κ2) is 14.8. The average Bonchev–Trinajstić information content (AvgIpc) is 2.94. The van der Waals surface area contributed by atoms with Crippen LogP contribution in [0.25, 0.3) is 0 Å². The van der Waals surface area contributed by atoms with E-state index in [2.05, 4.69) is 19.0 Å². The Labute approximate surface area is 238 Å². The molecular weight excluding hydrogens is 514 g/mol. The molecule has 0 amide bonds. The Bertz CT molecular complexity index is 1220. The normalized spacial score (nSPS) is 19.2. The van der Waals surface area contributed by atoms with E-state index in [9.17, 15) is 14.7 Å². The number of nitrogens with zero attached hydrogens (tertiary/aromatic N) is 1. The number of aliphatic carboxylic acids is 1. The molecule has 1 unspecified atom stereocenters. The molecule has 0 saturated heterocycles. The highest BCUT2D eigenvalue weighted by Gasteiger charge is 2.40. The Balaban J connectivity index is 0.000000267. The van der Waals surface area contributed by atoms with Gasteiger partial charge >= 0.3 is 5.97 Å². The highest BCUT2D eigenvalue weighted by molar-refractivity contribution is 6.09. The van der Waals surface area contributed by atoms with Gasteiger partial charge in [0.25, 0.3) is 0 Å². The maximum absolute atomic E-state index is 12.2. The van der Waals surface area contributed by atoms with Gasteiger partial charge in [0.05, 0.1) is 18.6 Å². The molecular formula is C32H40ClNO5. The summed E-state index contributed by atoms with van der Waals surface area (Å²) in [5.41, 5.74) is 2.03. The second-order valence-electron chi connectivity index (χ2n) is 10.2. The lowest BCUT2D eigenvalue weighted by Gasteiger charge is -2.41. The van der Waals surface area contributed by atoms with Gasteiger partial charge in [-0.05, 0) is 63.2 Å². The van der Waals surface area contributed by atoms with Crippen LogP contribution in [-0.2, 0) is 10.4 Å². The molecule has 1 aliphatic carbocycles. The van der Waals surface area contributed by atoms with E-state index in [1.807, 2.05) is 30.3 Å². The summed E-state index contributed by atoms with van der Waals surface area (Å²) in [6.45, 7) is 2.53. The SMILES string of the molecule is CC(C(=O)O)c1cccc(C(=O)c2ccccc2)c1.COc1cccc([C@@]2(O)CCCC[C@@H]2CN(C)C)c1.Cl. The van der Waals surface area contributed by atoms with Crippen LogP contribution in [0.1, 0.15) is 65.6 Å². The summed E-state index contributed by atoms with van der Waals surface area (Å²) in [4.78, 5) is 25.4. The van der Waals surface area contributed by atoms with Gasteiger partial charge in [-0.15, -0.1) is 12.4 Å². The molecule has 0 radical (unpaired) electrons. The summed E-state index contributed by atoms with van der Waals surface area (Å²) in [6, 6.07) is 23.6. The molecule has 0 aliphatic heterocycles. The highest BCUT2D eigenvalue weighted by Crippen LogP contribution is 2.42. The maximum Gasteiger partial charge on any atom is 0.310 e. The van der Waals surface area contributed by atoms with Crippen LogP contribution in [0.15, 0.2) is 78.9 Å². The lowest BCUT2D eigenvalue weighted by atomic mass is 9.71. The van der Waals surface area contributed by atoms with Gasteiger partial charge in [-0.3, -0.25) is 9.59 Å². The number of carbonyl (C=O) groups is 2. The van der Waals surface area contributed by atoms with Gasteiger partial charge < -0.3 is 19.8 Å². The molecule has 0 spiro atoms. The fourth-order valence-electron chi connectivity index (χ4n) is 5.03. The number of aliphatic hydroxyl groups is 1. The molecule has 0 aromatic heterocycles. The molecule has 1 aliphatic rings. The summed E-state index contributed by atoms with van der Waals surface area (Å²) in [5, 5.41) is 20.2. The minimum Gasteiger partial charge on any atom is -0.497 e. The largest absolute Gasteiger partial charge is 0.497 e. The predicted octanol–water partition coefficient (Wildman–Crippen LogP) is 6.16. The zero-order valence-corrected chi connectivity index (χ0v) is 24.0. The van der Waals surface area contributed by atoms with E-state index < -0.39 is 17.5 Å². The third-order valence-electron chi connectivity index (χ3n) is 7.25. The van der Waals surface area contributed by atoms with Gasteiger partial charge in [0, 0.05) is 23.6 Å². The van der Waals surface area contributed by atoms with Crippen LogP contribution < -0.4 is 4.74 Å². The van der Waals surface area contributed by atoms with Crippen molar-refractivity contribution in [2.75, 3.05) is 27.7 Å². The summed E-state index contributed by atoms with van der Waals surface area (Å²) < 4.78 is 5.29. The number of rotatable bonds is 8. The molecule has 1 fully saturated rings. The van der Waals surface area contributed by atoms with Crippen molar-refractivity contribution in [2.24, 2.45) is 5.92 Å². The number of methoxy groups -OCH3 is 1. The van der Waals surface area contributed by atoms with Gasteiger partial charge in [-0.1, -0.05) is 73.5 Å². The standard InChI is InChI=1S/C16H25NO2.C16H14O3.ClH/c1-17(2)12-14-7-4-5-10-16(14,18)13-8-6-9-15(11-13)19-3;1-11(16(18)19)13-8-5-9-14(10-13)15(17)12-6-3-2-4-7-12;/h6,8-9,11,14,18H,4-5,7,10,12H2,1-3H3;2-11H,1H3,(H,18,19);1H/t14-,16+;;/m1../s1. The molecule has 0 heterocycles. The minimum absolute atomic E-state index is 0. The topological polar surface area (TPSA) is 87.1 Å². The quantitative estimate of drug-likeness (QED) is 0.325. The van der Waals surface area contributed by atoms with Gasteiger partial charge in [-0.25, -0.2) is 0 Å². The van der Waals surface area contributed by atoms with Crippen molar-refractivity contribution in [2.45, 2.75) is 44.1 Å². The van der Waals surface area contributed by atoms with Crippen molar-refractivity contribution in [1.82, 2.24) is 4.90 Å². The van der Waals surface area contributed by atoms with Gasteiger partial charge in [0.1, 0.15) is 5.75 Å². The maximum atomic E-state index is 12.2. The third kappa shape index (κ3) is 8.40.